The van der Waals surface area contributed by atoms with Gasteiger partial charge in [-0.25, -0.2) is 4.98 Å². The number of amides is 1. The van der Waals surface area contributed by atoms with E-state index in [1.807, 2.05) is 13.0 Å². The van der Waals surface area contributed by atoms with E-state index in [9.17, 15) is 4.79 Å². The van der Waals surface area contributed by atoms with Crippen molar-refractivity contribution in [3.8, 4) is 0 Å². The van der Waals surface area contributed by atoms with Crippen LogP contribution in [0.25, 0.3) is 0 Å². The standard InChI is InChI=1S/C10H11BrN2O/c1-2-13-9(14)4-3-7-5-8(11)6-12-10(7)13/h5-6H,2-4H2,1H3. The molecule has 0 N–H and O–H groups in total. The Morgan fingerprint density at radius 1 is 1.57 bits per heavy atom. The summed E-state index contributed by atoms with van der Waals surface area (Å²) in [5.41, 5.74) is 1.15. The van der Waals surface area contributed by atoms with Gasteiger partial charge in [-0.15, -0.1) is 0 Å². The average molecular weight is 255 g/mol. The fourth-order valence-corrected chi connectivity index (χ4v) is 2.10. The fourth-order valence-electron chi connectivity index (χ4n) is 1.72. The Bertz CT molecular complexity index is 378. The van der Waals surface area contributed by atoms with Crippen molar-refractivity contribution in [2.75, 3.05) is 11.4 Å². The van der Waals surface area contributed by atoms with Crippen LogP contribution in [0.1, 0.15) is 18.9 Å². The molecule has 0 aliphatic carbocycles. The van der Waals surface area contributed by atoms with Crippen molar-refractivity contribution < 1.29 is 4.79 Å². The first-order valence-electron chi connectivity index (χ1n) is 4.67. The van der Waals surface area contributed by atoms with Crippen molar-refractivity contribution in [2.24, 2.45) is 0 Å². The minimum Gasteiger partial charge on any atom is -0.297 e. The molecule has 4 heteroatoms. The minimum absolute atomic E-state index is 0.176. The highest BCUT2D eigenvalue weighted by molar-refractivity contribution is 9.10. The Hall–Kier alpha value is -0.900. The predicted octanol–water partition coefficient (Wildman–Crippen LogP) is 2.14. The SMILES string of the molecule is CCN1C(=O)CCc2cc(Br)cnc21. The number of halogens is 1. The molecule has 0 spiro atoms. The quantitative estimate of drug-likeness (QED) is 0.770. The van der Waals surface area contributed by atoms with Crippen LogP contribution in [0, 0.1) is 0 Å². The zero-order valence-electron chi connectivity index (χ0n) is 7.96. The molecule has 1 aromatic rings. The molecule has 2 rings (SSSR count). The lowest BCUT2D eigenvalue weighted by atomic mass is 10.1. The molecule has 0 unspecified atom stereocenters. The summed E-state index contributed by atoms with van der Waals surface area (Å²) < 4.78 is 0.974. The number of fused-ring (bicyclic) bond motifs is 1. The molecule has 0 fully saturated rings. The zero-order valence-corrected chi connectivity index (χ0v) is 9.54. The van der Waals surface area contributed by atoms with Crippen LogP contribution in [0.5, 0.6) is 0 Å². The van der Waals surface area contributed by atoms with Gasteiger partial charge in [-0.05, 0) is 40.9 Å². The van der Waals surface area contributed by atoms with Crippen molar-refractivity contribution in [1.82, 2.24) is 4.98 Å². The molecule has 1 aliphatic rings. The molecule has 1 aliphatic heterocycles. The highest BCUT2D eigenvalue weighted by Gasteiger charge is 2.23. The van der Waals surface area contributed by atoms with E-state index >= 15 is 0 Å². The van der Waals surface area contributed by atoms with E-state index in [1.165, 1.54) is 0 Å². The fraction of sp³-hybridized carbons (Fsp3) is 0.400. The number of pyridine rings is 1. The summed E-state index contributed by atoms with van der Waals surface area (Å²) in [5.74, 6) is 1.00. The van der Waals surface area contributed by atoms with Crippen LogP contribution < -0.4 is 4.90 Å². The second-order valence-electron chi connectivity index (χ2n) is 3.27. The Kier molecular flexibility index (Phi) is 2.54. The molecular weight excluding hydrogens is 244 g/mol. The Morgan fingerprint density at radius 2 is 2.36 bits per heavy atom. The number of carbonyl (C=O) groups excluding carboxylic acids is 1. The number of hydrogen-bond acceptors (Lipinski definition) is 2. The molecule has 1 aromatic heterocycles. The minimum atomic E-state index is 0.176. The van der Waals surface area contributed by atoms with Crippen molar-refractivity contribution >= 4 is 27.7 Å². The summed E-state index contributed by atoms with van der Waals surface area (Å²) in [7, 11) is 0. The van der Waals surface area contributed by atoms with Crippen LogP contribution in [-0.2, 0) is 11.2 Å². The first-order valence-corrected chi connectivity index (χ1v) is 5.46. The number of hydrogen-bond donors (Lipinski definition) is 0. The first kappa shape index (κ1) is 9.65. The number of aryl methyl sites for hydroxylation is 1. The summed E-state index contributed by atoms with van der Waals surface area (Å²) in [6, 6.07) is 2.04. The van der Waals surface area contributed by atoms with Gasteiger partial charge in [-0.3, -0.25) is 9.69 Å². The topological polar surface area (TPSA) is 33.2 Å². The van der Waals surface area contributed by atoms with Crippen LogP contribution in [0.4, 0.5) is 5.82 Å². The van der Waals surface area contributed by atoms with Crippen molar-refractivity contribution in [1.29, 1.82) is 0 Å². The summed E-state index contributed by atoms with van der Waals surface area (Å²) in [4.78, 5) is 17.6. The van der Waals surface area contributed by atoms with Crippen LogP contribution in [-0.4, -0.2) is 17.4 Å². The van der Waals surface area contributed by atoms with Crippen LogP contribution >= 0.6 is 15.9 Å². The Balaban J connectivity index is 2.47. The van der Waals surface area contributed by atoms with Gasteiger partial charge in [0, 0.05) is 23.6 Å². The molecule has 3 nitrogen and oxygen atoms in total. The molecule has 0 atom stereocenters. The third kappa shape index (κ3) is 1.54. The molecule has 0 radical (unpaired) electrons. The lowest BCUT2D eigenvalue weighted by molar-refractivity contribution is -0.118. The number of rotatable bonds is 1. The van der Waals surface area contributed by atoms with E-state index in [2.05, 4.69) is 20.9 Å². The maximum atomic E-state index is 11.5. The van der Waals surface area contributed by atoms with E-state index in [-0.39, 0.29) is 5.91 Å². The number of carbonyl (C=O) groups is 1. The van der Waals surface area contributed by atoms with Gasteiger partial charge >= 0.3 is 0 Å². The monoisotopic (exact) mass is 254 g/mol. The Labute approximate surface area is 91.3 Å². The van der Waals surface area contributed by atoms with Crippen LogP contribution in [0.2, 0.25) is 0 Å². The smallest absolute Gasteiger partial charge is 0.228 e. The second kappa shape index (κ2) is 3.69. The Morgan fingerprint density at radius 3 is 3.07 bits per heavy atom. The van der Waals surface area contributed by atoms with Gasteiger partial charge in [0.1, 0.15) is 5.82 Å². The van der Waals surface area contributed by atoms with Crippen molar-refractivity contribution in [3.63, 3.8) is 0 Å². The third-order valence-electron chi connectivity index (χ3n) is 2.39. The van der Waals surface area contributed by atoms with Gasteiger partial charge < -0.3 is 0 Å². The number of aromatic nitrogens is 1. The second-order valence-corrected chi connectivity index (χ2v) is 4.19. The van der Waals surface area contributed by atoms with E-state index in [4.69, 9.17) is 0 Å². The summed E-state index contributed by atoms with van der Waals surface area (Å²) in [5, 5.41) is 0. The highest BCUT2D eigenvalue weighted by Crippen LogP contribution is 2.27. The summed E-state index contributed by atoms with van der Waals surface area (Å²) in [6.07, 6.45) is 3.14. The molecular formula is C10H11BrN2O. The zero-order chi connectivity index (χ0) is 10.1. The van der Waals surface area contributed by atoms with E-state index in [0.717, 1.165) is 22.3 Å². The number of nitrogens with zero attached hydrogens (tertiary/aromatic N) is 2. The molecule has 0 aromatic carbocycles. The molecule has 74 valence electrons. The van der Waals surface area contributed by atoms with Crippen LogP contribution in [0.15, 0.2) is 16.7 Å². The molecule has 14 heavy (non-hydrogen) atoms. The van der Waals surface area contributed by atoms with Gasteiger partial charge in [-0.1, -0.05) is 0 Å². The van der Waals surface area contributed by atoms with E-state index in [0.29, 0.717) is 13.0 Å². The molecule has 2 heterocycles. The average Bonchev–Trinajstić information content (AvgIpc) is 2.18. The maximum Gasteiger partial charge on any atom is 0.228 e. The largest absolute Gasteiger partial charge is 0.297 e. The molecule has 0 bridgehead atoms. The molecule has 0 saturated carbocycles. The van der Waals surface area contributed by atoms with Gasteiger partial charge in [0.2, 0.25) is 5.91 Å². The van der Waals surface area contributed by atoms with Crippen LogP contribution in [0.3, 0.4) is 0 Å². The predicted molar refractivity (Wildman–Crippen MR) is 58.3 cm³/mol. The lowest BCUT2D eigenvalue weighted by Crippen LogP contribution is -2.35. The normalized spacial score (nSPS) is 15.6. The maximum absolute atomic E-state index is 11.5. The number of anilines is 1. The van der Waals surface area contributed by atoms with E-state index in [1.54, 1.807) is 11.1 Å². The van der Waals surface area contributed by atoms with E-state index < -0.39 is 0 Å². The highest BCUT2D eigenvalue weighted by atomic mass is 79.9. The first-order chi connectivity index (χ1) is 6.72. The summed E-state index contributed by atoms with van der Waals surface area (Å²) >= 11 is 3.38. The summed E-state index contributed by atoms with van der Waals surface area (Å²) in [6.45, 7) is 2.66. The van der Waals surface area contributed by atoms with Gasteiger partial charge in [0.15, 0.2) is 0 Å². The van der Waals surface area contributed by atoms with Crippen molar-refractivity contribution in [2.45, 2.75) is 19.8 Å². The third-order valence-corrected chi connectivity index (χ3v) is 2.82. The van der Waals surface area contributed by atoms with Gasteiger partial charge in [0.25, 0.3) is 0 Å². The van der Waals surface area contributed by atoms with Gasteiger partial charge in [0.05, 0.1) is 0 Å². The van der Waals surface area contributed by atoms with Crippen molar-refractivity contribution in [3.05, 3.63) is 22.3 Å². The molecule has 0 saturated heterocycles. The van der Waals surface area contributed by atoms with Gasteiger partial charge in [-0.2, -0.15) is 0 Å². The molecule has 1 amide bonds. The lowest BCUT2D eigenvalue weighted by Gasteiger charge is -2.26.